The molecule has 0 bridgehead atoms. The van der Waals surface area contributed by atoms with E-state index in [0.717, 1.165) is 9.71 Å². The van der Waals surface area contributed by atoms with Crippen molar-refractivity contribution in [2.45, 2.75) is 18.8 Å². The van der Waals surface area contributed by atoms with Crippen LogP contribution in [-0.4, -0.2) is 22.8 Å². The van der Waals surface area contributed by atoms with Gasteiger partial charge in [0.05, 0.1) is 10.2 Å². The van der Waals surface area contributed by atoms with Gasteiger partial charge in [-0.1, -0.05) is 18.2 Å². The lowest BCUT2D eigenvalue weighted by Gasteiger charge is -2.30. The first-order chi connectivity index (χ1) is 14.7. The Morgan fingerprint density at radius 1 is 1.07 bits per heavy atom. The van der Waals surface area contributed by atoms with E-state index in [1.54, 1.807) is 24.3 Å². The number of para-hydroxylation sites is 1. The maximum atomic E-state index is 13.4. The smallest absolute Gasteiger partial charge is 0.163 e. The normalized spacial score (nSPS) is 17.9. The lowest BCUT2D eigenvalue weighted by Crippen LogP contribution is -2.35. The van der Waals surface area contributed by atoms with Crippen LogP contribution in [0.3, 0.4) is 0 Å². The second-order valence-electron chi connectivity index (χ2n) is 6.93. The molecule has 0 fully saturated rings. The topological polar surface area (TPSA) is 60.8 Å². The van der Waals surface area contributed by atoms with Gasteiger partial charge in [-0.25, -0.2) is 9.37 Å². The van der Waals surface area contributed by atoms with Crippen LogP contribution in [0.25, 0.3) is 10.2 Å². The average molecular weight is 423 g/mol. The van der Waals surface area contributed by atoms with E-state index in [-0.39, 0.29) is 19.0 Å². The molecule has 2 unspecified atom stereocenters. The number of aliphatic hydroxyl groups is 1. The summed E-state index contributed by atoms with van der Waals surface area (Å²) in [5, 5.41) is 11.6. The number of ether oxygens (including phenoxy) is 3. The zero-order valence-electron chi connectivity index (χ0n) is 15.8. The number of nitrogens with zero attached hydrogens (tertiary/aromatic N) is 1. The third-order valence-electron chi connectivity index (χ3n) is 4.84. The molecule has 2 heterocycles. The van der Waals surface area contributed by atoms with Gasteiger partial charge >= 0.3 is 0 Å². The van der Waals surface area contributed by atoms with Crippen LogP contribution in [0.15, 0.2) is 66.7 Å². The maximum absolute atomic E-state index is 13.4. The molecule has 5 rings (SSSR count). The maximum Gasteiger partial charge on any atom is 0.163 e. The van der Waals surface area contributed by atoms with Crippen LogP contribution in [0.2, 0.25) is 0 Å². The fourth-order valence-corrected chi connectivity index (χ4v) is 4.23. The summed E-state index contributed by atoms with van der Waals surface area (Å²) in [7, 11) is 0. The summed E-state index contributed by atoms with van der Waals surface area (Å²) in [5.74, 6) is 1.56. The fraction of sp³-hybridized carbons (Fsp3) is 0.174. The molecule has 0 spiro atoms. The summed E-state index contributed by atoms with van der Waals surface area (Å²) in [5.41, 5.74) is 1.24. The third kappa shape index (κ3) is 3.81. The number of halogens is 1. The van der Waals surface area contributed by atoms with Gasteiger partial charge in [0.1, 0.15) is 47.4 Å². The predicted octanol–water partition coefficient (Wildman–Crippen LogP) is 4.89. The summed E-state index contributed by atoms with van der Waals surface area (Å²) in [4.78, 5) is 4.41. The molecule has 30 heavy (non-hydrogen) atoms. The first-order valence-corrected chi connectivity index (χ1v) is 10.3. The molecule has 2 atom stereocenters. The summed E-state index contributed by atoms with van der Waals surface area (Å²) in [6, 6.07) is 19.2. The first kappa shape index (κ1) is 18.8. The summed E-state index contributed by atoms with van der Waals surface area (Å²) in [6.45, 7) is 0.506. The number of rotatable bonds is 5. The van der Waals surface area contributed by atoms with Crippen molar-refractivity contribution in [3.05, 3.63) is 83.1 Å². The van der Waals surface area contributed by atoms with Gasteiger partial charge < -0.3 is 19.3 Å². The minimum Gasteiger partial charge on any atom is -0.489 e. The van der Waals surface area contributed by atoms with Crippen molar-refractivity contribution in [2.24, 2.45) is 0 Å². The van der Waals surface area contributed by atoms with Crippen LogP contribution in [0, 0.1) is 5.82 Å². The molecule has 1 aromatic heterocycles. The van der Waals surface area contributed by atoms with Crippen LogP contribution in [0.1, 0.15) is 16.7 Å². The molecule has 4 aromatic rings. The molecule has 7 heteroatoms. The second-order valence-corrected chi connectivity index (χ2v) is 8.05. The van der Waals surface area contributed by atoms with Crippen LogP contribution in [0.5, 0.6) is 17.2 Å². The molecular weight excluding hydrogens is 405 g/mol. The predicted molar refractivity (Wildman–Crippen MR) is 112 cm³/mol. The summed E-state index contributed by atoms with van der Waals surface area (Å²) >= 11 is 1.46. The summed E-state index contributed by atoms with van der Waals surface area (Å²) < 4.78 is 31.8. The minimum atomic E-state index is -0.845. The number of thiazole rings is 1. The Morgan fingerprint density at radius 2 is 1.93 bits per heavy atom. The van der Waals surface area contributed by atoms with E-state index in [9.17, 15) is 9.50 Å². The number of fused-ring (bicyclic) bond motifs is 2. The quantitative estimate of drug-likeness (QED) is 0.495. The Balaban J connectivity index is 1.30. The van der Waals surface area contributed by atoms with Gasteiger partial charge in [-0.15, -0.1) is 11.3 Å². The Morgan fingerprint density at radius 3 is 2.80 bits per heavy atom. The minimum absolute atomic E-state index is 0.251. The highest BCUT2D eigenvalue weighted by Gasteiger charge is 2.31. The molecule has 0 amide bonds. The van der Waals surface area contributed by atoms with Crippen LogP contribution >= 0.6 is 11.3 Å². The van der Waals surface area contributed by atoms with Crippen LogP contribution < -0.4 is 14.2 Å². The molecule has 0 radical (unpaired) electrons. The number of hydrogen-bond donors (Lipinski definition) is 1. The Labute approximate surface area is 176 Å². The van der Waals surface area contributed by atoms with Crippen molar-refractivity contribution in [1.29, 1.82) is 0 Å². The monoisotopic (exact) mass is 423 g/mol. The SMILES string of the molecule is OC1c2cc(OCc3nc4cc(F)ccc4s3)ccc2OCC1Oc1ccccc1. The number of hydrogen-bond acceptors (Lipinski definition) is 6. The van der Waals surface area contributed by atoms with E-state index in [0.29, 0.717) is 28.3 Å². The van der Waals surface area contributed by atoms with E-state index in [1.165, 1.54) is 23.5 Å². The van der Waals surface area contributed by atoms with Gasteiger partial charge in [-0.05, 0) is 42.5 Å². The lowest BCUT2D eigenvalue weighted by atomic mass is 10.0. The lowest BCUT2D eigenvalue weighted by molar-refractivity contribution is -0.0104. The van der Waals surface area contributed by atoms with Gasteiger partial charge in [0.15, 0.2) is 6.10 Å². The average Bonchev–Trinajstić information content (AvgIpc) is 3.17. The van der Waals surface area contributed by atoms with Gasteiger partial charge in [0.25, 0.3) is 0 Å². The van der Waals surface area contributed by atoms with Crippen LogP contribution in [0.4, 0.5) is 4.39 Å². The fourth-order valence-electron chi connectivity index (χ4n) is 3.37. The molecular formula is C23H18FNO4S. The Bertz CT molecular complexity index is 1180. The molecule has 3 aromatic carbocycles. The molecule has 1 N–H and O–H groups in total. The number of benzene rings is 3. The van der Waals surface area contributed by atoms with Crippen LogP contribution in [-0.2, 0) is 6.61 Å². The van der Waals surface area contributed by atoms with Gasteiger partial charge in [-0.2, -0.15) is 0 Å². The number of aliphatic hydroxyl groups excluding tert-OH is 1. The van der Waals surface area contributed by atoms with Crippen molar-refractivity contribution in [1.82, 2.24) is 4.98 Å². The first-order valence-electron chi connectivity index (χ1n) is 9.50. The Kier molecular flexibility index (Phi) is 4.98. The van der Waals surface area contributed by atoms with Gasteiger partial charge in [0, 0.05) is 11.6 Å². The van der Waals surface area contributed by atoms with Gasteiger partial charge in [0.2, 0.25) is 0 Å². The number of aromatic nitrogens is 1. The molecule has 5 nitrogen and oxygen atoms in total. The highest BCUT2D eigenvalue weighted by molar-refractivity contribution is 7.18. The van der Waals surface area contributed by atoms with E-state index >= 15 is 0 Å². The molecule has 0 saturated carbocycles. The van der Waals surface area contributed by atoms with Crippen molar-refractivity contribution in [3.8, 4) is 17.2 Å². The zero-order valence-corrected chi connectivity index (χ0v) is 16.6. The molecule has 0 aliphatic carbocycles. The highest BCUT2D eigenvalue weighted by atomic mass is 32.1. The van der Waals surface area contributed by atoms with Crippen molar-refractivity contribution < 1.29 is 23.7 Å². The third-order valence-corrected chi connectivity index (χ3v) is 5.85. The molecule has 1 aliphatic rings. The standard InChI is InChI=1S/C23H18FNO4S/c24-14-6-9-21-18(10-14)25-22(30-21)13-27-16-7-8-19-17(11-16)23(26)20(12-28-19)29-15-4-2-1-3-5-15/h1-11,20,23,26H,12-13H2. The van der Waals surface area contributed by atoms with E-state index < -0.39 is 12.2 Å². The Hall–Kier alpha value is -3.16. The van der Waals surface area contributed by atoms with Crippen molar-refractivity contribution >= 4 is 21.6 Å². The second kappa shape index (κ2) is 7.93. The summed E-state index contributed by atoms with van der Waals surface area (Å²) in [6.07, 6.45) is -1.36. The highest BCUT2D eigenvalue weighted by Crippen LogP contribution is 2.36. The molecule has 1 aliphatic heterocycles. The zero-order chi connectivity index (χ0) is 20.5. The van der Waals surface area contributed by atoms with E-state index in [4.69, 9.17) is 14.2 Å². The molecule has 152 valence electrons. The van der Waals surface area contributed by atoms with Crippen molar-refractivity contribution in [2.75, 3.05) is 6.61 Å². The van der Waals surface area contributed by atoms with E-state index in [2.05, 4.69) is 4.98 Å². The largest absolute Gasteiger partial charge is 0.489 e. The molecule has 0 saturated heterocycles. The van der Waals surface area contributed by atoms with Crippen molar-refractivity contribution in [3.63, 3.8) is 0 Å². The van der Waals surface area contributed by atoms with E-state index in [1.807, 2.05) is 30.3 Å². The van der Waals surface area contributed by atoms with Gasteiger partial charge in [-0.3, -0.25) is 0 Å².